The second kappa shape index (κ2) is 9.12. The van der Waals surface area contributed by atoms with Crippen molar-refractivity contribution < 1.29 is 19.5 Å². The molecule has 1 aliphatic carbocycles. The molecule has 1 atom stereocenters. The molecule has 32 heavy (non-hydrogen) atoms. The largest absolute Gasteiger partial charge is 0.394 e. The molecule has 7 heteroatoms. The van der Waals surface area contributed by atoms with Gasteiger partial charge in [0.25, 0.3) is 0 Å². The lowest BCUT2D eigenvalue weighted by atomic mass is 9.94. The average molecular weight is 436 g/mol. The molecule has 2 aromatic rings. The Morgan fingerprint density at radius 2 is 1.59 bits per heavy atom. The number of nitrogens with one attached hydrogen (secondary N) is 1. The Labute approximate surface area is 188 Å². The lowest BCUT2D eigenvalue weighted by Gasteiger charge is -2.37. The number of hydrogen-bond donors (Lipinski definition) is 2. The van der Waals surface area contributed by atoms with E-state index in [0.29, 0.717) is 31.7 Å². The molecule has 2 aromatic carbocycles. The van der Waals surface area contributed by atoms with Crippen LogP contribution in [-0.2, 0) is 15.0 Å². The summed E-state index contributed by atoms with van der Waals surface area (Å²) in [5.41, 5.74) is 2.05. The van der Waals surface area contributed by atoms with Crippen LogP contribution >= 0.6 is 0 Å². The van der Waals surface area contributed by atoms with Gasteiger partial charge in [-0.1, -0.05) is 30.3 Å². The average Bonchev–Trinajstić information content (AvgIpc) is 3.65. The molecule has 7 nitrogen and oxygen atoms in total. The number of hydrogen-bond acceptors (Lipinski definition) is 5. The maximum absolute atomic E-state index is 13.0. The summed E-state index contributed by atoms with van der Waals surface area (Å²) in [6.07, 6.45) is 1.49. The van der Waals surface area contributed by atoms with Crippen LogP contribution in [0.3, 0.4) is 0 Å². The number of piperazine rings is 1. The zero-order valence-electron chi connectivity index (χ0n) is 18.3. The van der Waals surface area contributed by atoms with E-state index in [1.807, 2.05) is 54.6 Å². The quantitative estimate of drug-likeness (QED) is 0.647. The zero-order chi connectivity index (χ0) is 22.7. The predicted octanol–water partition coefficient (Wildman–Crippen LogP) is 1.75. The molecular weight excluding hydrogens is 406 g/mol. The zero-order valence-corrected chi connectivity index (χ0v) is 18.3. The van der Waals surface area contributed by atoms with Crippen molar-refractivity contribution in [1.82, 2.24) is 10.2 Å². The molecule has 0 aromatic heterocycles. The number of rotatable bonds is 7. The van der Waals surface area contributed by atoms with Gasteiger partial charge < -0.3 is 20.2 Å². The third-order valence-electron chi connectivity index (χ3n) is 6.53. The minimum absolute atomic E-state index is 0.0318. The van der Waals surface area contributed by atoms with E-state index < -0.39 is 18.1 Å². The fourth-order valence-corrected chi connectivity index (χ4v) is 4.32. The minimum Gasteiger partial charge on any atom is -0.394 e. The first kappa shape index (κ1) is 22.0. The van der Waals surface area contributed by atoms with Crippen LogP contribution in [-0.4, -0.2) is 66.4 Å². The molecule has 0 spiro atoms. The highest BCUT2D eigenvalue weighted by Crippen LogP contribution is 2.48. The molecule has 1 saturated carbocycles. The van der Waals surface area contributed by atoms with Crippen LogP contribution in [0.4, 0.5) is 5.69 Å². The number of benzene rings is 2. The van der Waals surface area contributed by atoms with Gasteiger partial charge in [0.15, 0.2) is 5.78 Å². The maximum atomic E-state index is 13.0. The van der Waals surface area contributed by atoms with Crippen molar-refractivity contribution in [3.8, 4) is 0 Å². The maximum Gasteiger partial charge on any atom is 0.247 e. The highest BCUT2D eigenvalue weighted by molar-refractivity contribution is 5.95. The van der Waals surface area contributed by atoms with E-state index in [0.717, 1.165) is 24.1 Å². The van der Waals surface area contributed by atoms with Crippen molar-refractivity contribution in [3.63, 3.8) is 0 Å². The first-order chi connectivity index (χ1) is 15.4. The van der Waals surface area contributed by atoms with Gasteiger partial charge in [0, 0.05) is 37.4 Å². The fraction of sp³-hybridized carbons (Fsp3) is 0.400. The smallest absolute Gasteiger partial charge is 0.247 e. The number of Topliss-reactive ketones (excluding diaryl/α,β-unsaturated/α-hetero) is 1. The Bertz CT molecular complexity index is 978. The number of nitrogens with zero attached hydrogens (tertiary/aromatic N) is 2. The second-order valence-electron chi connectivity index (χ2n) is 8.57. The second-order valence-corrected chi connectivity index (χ2v) is 8.57. The summed E-state index contributed by atoms with van der Waals surface area (Å²) in [5, 5.41) is 12.6. The lowest BCUT2D eigenvalue weighted by Crippen LogP contribution is -2.57. The van der Waals surface area contributed by atoms with Gasteiger partial charge in [0.2, 0.25) is 11.8 Å². The first-order valence-electron chi connectivity index (χ1n) is 11.1. The molecule has 1 saturated heterocycles. The number of carbonyl (C=O) groups excluding carboxylic acids is 3. The van der Waals surface area contributed by atoms with E-state index >= 15 is 0 Å². The number of aliphatic hydroxyl groups excluding tert-OH is 1. The molecule has 0 bridgehead atoms. The van der Waals surface area contributed by atoms with E-state index in [4.69, 9.17) is 0 Å². The Morgan fingerprint density at radius 1 is 0.969 bits per heavy atom. The molecule has 0 unspecified atom stereocenters. The molecule has 1 aliphatic heterocycles. The summed E-state index contributed by atoms with van der Waals surface area (Å²) in [4.78, 5) is 41.3. The molecule has 2 fully saturated rings. The van der Waals surface area contributed by atoms with Gasteiger partial charge in [0.05, 0.1) is 12.0 Å². The summed E-state index contributed by atoms with van der Waals surface area (Å²) in [7, 11) is 0. The van der Waals surface area contributed by atoms with Gasteiger partial charge in [-0.3, -0.25) is 14.4 Å². The summed E-state index contributed by atoms with van der Waals surface area (Å²) < 4.78 is 0. The molecule has 2 amide bonds. The highest BCUT2D eigenvalue weighted by Gasteiger charge is 2.52. The van der Waals surface area contributed by atoms with Crippen LogP contribution in [0.2, 0.25) is 0 Å². The molecule has 2 N–H and O–H groups in total. The van der Waals surface area contributed by atoms with Gasteiger partial charge in [-0.05, 0) is 49.6 Å². The van der Waals surface area contributed by atoms with Crippen LogP contribution < -0.4 is 10.2 Å². The van der Waals surface area contributed by atoms with Crippen molar-refractivity contribution >= 4 is 23.3 Å². The summed E-state index contributed by atoms with van der Waals surface area (Å²) in [5.74, 6) is -0.416. The Hall–Kier alpha value is -3.19. The van der Waals surface area contributed by atoms with Crippen LogP contribution in [0.25, 0.3) is 0 Å². The minimum atomic E-state index is -0.940. The van der Waals surface area contributed by atoms with Crippen molar-refractivity contribution in [2.45, 2.75) is 31.2 Å². The fourth-order valence-electron chi connectivity index (χ4n) is 4.32. The summed E-state index contributed by atoms with van der Waals surface area (Å²) in [6.45, 7) is 3.41. The Kier molecular flexibility index (Phi) is 6.28. The van der Waals surface area contributed by atoms with Crippen LogP contribution in [0, 0.1) is 0 Å². The van der Waals surface area contributed by atoms with Gasteiger partial charge >= 0.3 is 0 Å². The van der Waals surface area contributed by atoms with Gasteiger partial charge in [-0.25, -0.2) is 0 Å². The Balaban J connectivity index is 1.34. The summed E-state index contributed by atoms with van der Waals surface area (Å²) >= 11 is 0. The van der Waals surface area contributed by atoms with E-state index in [2.05, 4.69) is 10.2 Å². The molecular formula is C25H29N3O4. The van der Waals surface area contributed by atoms with Crippen LogP contribution in [0.1, 0.15) is 35.7 Å². The molecule has 4 rings (SSSR count). The predicted molar refractivity (Wildman–Crippen MR) is 122 cm³/mol. The van der Waals surface area contributed by atoms with Crippen molar-refractivity contribution in [1.29, 1.82) is 0 Å². The van der Waals surface area contributed by atoms with Gasteiger partial charge in [-0.2, -0.15) is 0 Å². The monoisotopic (exact) mass is 435 g/mol. The highest BCUT2D eigenvalue weighted by atomic mass is 16.3. The topological polar surface area (TPSA) is 90.0 Å². The molecule has 1 heterocycles. The van der Waals surface area contributed by atoms with Gasteiger partial charge in [0.1, 0.15) is 6.04 Å². The molecule has 0 radical (unpaired) electrons. The Morgan fingerprint density at radius 3 is 2.12 bits per heavy atom. The SMILES string of the molecule is CC(=O)c1ccc(N2CCN(C(=O)[C@H](CO)NC(=O)C3(c4ccccc4)CC3)CC2)cc1. The van der Waals surface area contributed by atoms with E-state index in [1.54, 1.807) is 11.8 Å². The first-order valence-corrected chi connectivity index (χ1v) is 11.1. The van der Waals surface area contributed by atoms with Crippen LogP contribution in [0.5, 0.6) is 0 Å². The van der Waals surface area contributed by atoms with E-state index in [-0.39, 0.29) is 17.6 Å². The van der Waals surface area contributed by atoms with E-state index in [1.165, 1.54) is 0 Å². The summed E-state index contributed by atoms with van der Waals surface area (Å²) in [6, 6.07) is 16.1. The number of carbonyl (C=O) groups is 3. The number of aliphatic hydroxyl groups is 1. The van der Waals surface area contributed by atoms with Crippen molar-refractivity contribution in [2.24, 2.45) is 0 Å². The van der Waals surface area contributed by atoms with Gasteiger partial charge in [-0.15, -0.1) is 0 Å². The van der Waals surface area contributed by atoms with Crippen molar-refractivity contribution in [2.75, 3.05) is 37.7 Å². The van der Waals surface area contributed by atoms with E-state index in [9.17, 15) is 19.5 Å². The third-order valence-corrected chi connectivity index (χ3v) is 6.53. The lowest BCUT2D eigenvalue weighted by molar-refractivity contribution is -0.138. The standard InChI is InChI=1S/C25H29N3O4/c1-18(30)19-7-9-21(10-8-19)27-13-15-28(16-14-27)23(31)22(17-29)26-24(32)25(11-12-25)20-5-3-2-4-6-20/h2-10,22,29H,11-17H2,1H3,(H,26,32)/t22-/m0/s1. The van der Waals surface area contributed by atoms with Crippen molar-refractivity contribution in [3.05, 3.63) is 65.7 Å². The van der Waals surface area contributed by atoms with Crippen LogP contribution in [0.15, 0.2) is 54.6 Å². The third kappa shape index (κ3) is 4.39. The number of amides is 2. The molecule has 168 valence electrons. The number of anilines is 1. The normalized spacial score (nSPS) is 18.1. The number of ketones is 1. The molecule has 2 aliphatic rings.